The molecule has 3 nitrogen and oxygen atoms in total. The zero-order chi connectivity index (χ0) is 13.2. The lowest BCUT2D eigenvalue weighted by Gasteiger charge is -2.36. The maximum atomic E-state index is 10.5. The topological polar surface area (TPSA) is 32.7 Å². The number of rotatable bonds is 5. The molecular weight excluding hydrogens is 238 g/mol. The van der Waals surface area contributed by atoms with E-state index in [1.807, 2.05) is 0 Å². The Morgan fingerprint density at radius 2 is 2.21 bits per heavy atom. The molecule has 19 heavy (non-hydrogen) atoms. The molecule has 0 amide bonds. The van der Waals surface area contributed by atoms with Gasteiger partial charge in [0.25, 0.3) is 0 Å². The Labute approximate surface area is 117 Å². The molecule has 1 saturated heterocycles. The average molecular weight is 267 g/mol. The molecule has 1 aliphatic heterocycles. The first kappa shape index (κ1) is 13.8. The molecule has 2 aliphatic carbocycles. The molecule has 0 aromatic heterocycles. The number of morpholine rings is 1. The van der Waals surface area contributed by atoms with E-state index in [-0.39, 0.29) is 12.2 Å². The molecule has 2 saturated carbocycles. The van der Waals surface area contributed by atoms with Crippen molar-refractivity contribution in [3.63, 3.8) is 0 Å². The van der Waals surface area contributed by atoms with Crippen LogP contribution in [0.5, 0.6) is 0 Å². The van der Waals surface area contributed by atoms with E-state index in [1.54, 1.807) is 0 Å². The smallest absolute Gasteiger partial charge is 0.0961 e. The SMILES string of the molecule is CCCN1CCOC(C(O)CC2CC3CCC2C3)C1. The van der Waals surface area contributed by atoms with Gasteiger partial charge in [0.15, 0.2) is 0 Å². The number of ether oxygens (including phenoxy) is 1. The van der Waals surface area contributed by atoms with Crippen LogP contribution in [0.1, 0.15) is 45.4 Å². The van der Waals surface area contributed by atoms with Gasteiger partial charge in [-0.2, -0.15) is 0 Å². The normalized spacial score (nSPS) is 40.7. The van der Waals surface area contributed by atoms with E-state index in [1.165, 1.54) is 32.1 Å². The number of hydrogen-bond acceptors (Lipinski definition) is 3. The summed E-state index contributed by atoms with van der Waals surface area (Å²) in [7, 11) is 0. The van der Waals surface area contributed by atoms with E-state index in [4.69, 9.17) is 4.74 Å². The van der Waals surface area contributed by atoms with Crippen molar-refractivity contribution in [1.82, 2.24) is 4.90 Å². The number of aliphatic hydroxyl groups is 1. The van der Waals surface area contributed by atoms with Crippen molar-refractivity contribution in [2.24, 2.45) is 17.8 Å². The molecule has 3 rings (SSSR count). The fourth-order valence-electron chi connectivity index (χ4n) is 4.61. The maximum absolute atomic E-state index is 10.5. The van der Waals surface area contributed by atoms with Gasteiger partial charge in [-0.05, 0) is 56.4 Å². The van der Waals surface area contributed by atoms with Gasteiger partial charge in [-0.1, -0.05) is 13.3 Å². The first-order valence-electron chi connectivity index (χ1n) is 8.28. The Kier molecular flexibility index (Phi) is 4.45. The zero-order valence-electron chi connectivity index (χ0n) is 12.3. The highest BCUT2D eigenvalue weighted by Crippen LogP contribution is 2.50. The van der Waals surface area contributed by atoms with Crippen LogP contribution in [0.3, 0.4) is 0 Å². The van der Waals surface area contributed by atoms with Crippen LogP contribution >= 0.6 is 0 Å². The molecule has 5 atom stereocenters. The second-order valence-corrected chi connectivity index (χ2v) is 6.95. The Morgan fingerprint density at radius 1 is 1.32 bits per heavy atom. The number of aliphatic hydroxyl groups excluding tert-OH is 1. The van der Waals surface area contributed by atoms with E-state index in [9.17, 15) is 5.11 Å². The second-order valence-electron chi connectivity index (χ2n) is 6.95. The molecule has 2 bridgehead atoms. The predicted octanol–water partition coefficient (Wildman–Crippen LogP) is 2.28. The lowest BCUT2D eigenvalue weighted by atomic mass is 9.84. The van der Waals surface area contributed by atoms with Crippen LogP contribution in [0.4, 0.5) is 0 Å². The van der Waals surface area contributed by atoms with Gasteiger partial charge >= 0.3 is 0 Å². The van der Waals surface area contributed by atoms with Gasteiger partial charge in [-0.3, -0.25) is 4.90 Å². The first-order valence-corrected chi connectivity index (χ1v) is 8.28. The lowest BCUT2D eigenvalue weighted by Crippen LogP contribution is -2.48. The van der Waals surface area contributed by atoms with Gasteiger partial charge in [-0.15, -0.1) is 0 Å². The molecule has 0 aromatic rings. The quantitative estimate of drug-likeness (QED) is 0.829. The van der Waals surface area contributed by atoms with E-state index >= 15 is 0 Å². The molecule has 0 spiro atoms. The highest BCUT2D eigenvalue weighted by atomic mass is 16.5. The number of fused-ring (bicyclic) bond motifs is 2. The van der Waals surface area contributed by atoms with Crippen LogP contribution in [0, 0.1) is 17.8 Å². The Hall–Kier alpha value is -0.120. The van der Waals surface area contributed by atoms with Crippen LogP contribution < -0.4 is 0 Å². The minimum absolute atomic E-state index is 0.0550. The van der Waals surface area contributed by atoms with Gasteiger partial charge < -0.3 is 9.84 Å². The standard InChI is InChI=1S/C16H29NO2/c1-2-5-17-6-7-19-16(11-17)15(18)10-14-9-12-3-4-13(14)8-12/h12-16,18H,2-11H2,1H3. The van der Waals surface area contributed by atoms with E-state index in [0.717, 1.165) is 50.4 Å². The summed E-state index contributed by atoms with van der Waals surface area (Å²) in [5.74, 6) is 2.67. The fraction of sp³-hybridized carbons (Fsp3) is 1.00. The fourth-order valence-corrected chi connectivity index (χ4v) is 4.61. The molecule has 0 radical (unpaired) electrons. The van der Waals surface area contributed by atoms with Crippen LogP contribution in [0.25, 0.3) is 0 Å². The largest absolute Gasteiger partial charge is 0.390 e. The van der Waals surface area contributed by atoms with Crippen molar-refractivity contribution in [3.8, 4) is 0 Å². The summed E-state index contributed by atoms with van der Waals surface area (Å²) < 4.78 is 5.82. The first-order chi connectivity index (χ1) is 9.26. The van der Waals surface area contributed by atoms with Crippen LogP contribution in [0.15, 0.2) is 0 Å². The van der Waals surface area contributed by atoms with Gasteiger partial charge in [0.2, 0.25) is 0 Å². The summed E-state index contributed by atoms with van der Waals surface area (Å²) in [4.78, 5) is 2.44. The molecule has 5 unspecified atom stereocenters. The Bertz CT molecular complexity index is 294. The van der Waals surface area contributed by atoms with Crippen molar-refractivity contribution < 1.29 is 9.84 Å². The lowest BCUT2D eigenvalue weighted by molar-refractivity contribution is -0.0955. The van der Waals surface area contributed by atoms with Gasteiger partial charge in [-0.25, -0.2) is 0 Å². The highest BCUT2D eigenvalue weighted by Gasteiger charge is 2.41. The van der Waals surface area contributed by atoms with Gasteiger partial charge in [0.05, 0.1) is 18.8 Å². The summed E-state index contributed by atoms with van der Waals surface area (Å²) in [6.07, 6.45) is 7.64. The second kappa shape index (κ2) is 6.11. The van der Waals surface area contributed by atoms with Gasteiger partial charge in [0.1, 0.15) is 0 Å². The molecule has 0 aromatic carbocycles. The van der Waals surface area contributed by atoms with Crippen molar-refractivity contribution in [2.45, 2.75) is 57.7 Å². The van der Waals surface area contributed by atoms with Crippen molar-refractivity contribution in [1.29, 1.82) is 0 Å². The maximum Gasteiger partial charge on any atom is 0.0961 e. The molecular formula is C16H29NO2. The number of nitrogens with zero attached hydrogens (tertiary/aromatic N) is 1. The predicted molar refractivity (Wildman–Crippen MR) is 76.0 cm³/mol. The molecule has 3 fully saturated rings. The minimum Gasteiger partial charge on any atom is -0.390 e. The van der Waals surface area contributed by atoms with Crippen molar-refractivity contribution in [3.05, 3.63) is 0 Å². The third-order valence-electron chi connectivity index (χ3n) is 5.58. The molecule has 3 aliphatic rings. The summed E-state index contributed by atoms with van der Waals surface area (Å²) >= 11 is 0. The summed E-state index contributed by atoms with van der Waals surface area (Å²) in [6.45, 7) is 6.11. The van der Waals surface area contributed by atoms with Crippen LogP contribution in [0.2, 0.25) is 0 Å². The summed E-state index contributed by atoms with van der Waals surface area (Å²) in [5.41, 5.74) is 0. The third-order valence-corrected chi connectivity index (χ3v) is 5.58. The minimum atomic E-state index is -0.246. The molecule has 1 N–H and O–H groups in total. The molecule has 110 valence electrons. The molecule has 3 heteroatoms. The van der Waals surface area contributed by atoms with E-state index < -0.39 is 0 Å². The van der Waals surface area contributed by atoms with Crippen molar-refractivity contribution >= 4 is 0 Å². The van der Waals surface area contributed by atoms with Crippen LogP contribution in [-0.4, -0.2) is 48.5 Å². The highest BCUT2D eigenvalue weighted by molar-refractivity contribution is 4.92. The zero-order valence-corrected chi connectivity index (χ0v) is 12.3. The third kappa shape index (κ3) is 3.14. The summed E-state index contributed by atoms with van der Waals surface area (Å²) in [5, 5.41) is 10.5. The Balaban J connectivity index is 1.48. The molecule has 1 heterocycles. The van der Waals surface area contributed by atoms with Gasteiger partial charge in [0, 0.05) is 13.1 Å². The Morgan fingerprint density at radius 3 is 2.89 bits per heavy atom. The van der Waals surface area contributed by atoms with Crippen molar-refractivity contribution in [2.75, 3.05) is 26.2 Å². The average Bonchev–Trinajstić information content (AvgIpc) is 3.02. The number of hydrogen-bond donors (Lipinski definition) is 1. The van der Waals surface area contributed by atoms with E-state index in [2.05, 4.69) is 11.8 Å². The monoisotopic (exact) mass is 267 g/mol. The van der Waals surface area contributed by atoms with E-state index in [0.29, 0.717) is 0 Å². The van der Waals surface area contributed by atoms with Crippen LogP contribution in [-0.2, 0) is 4.74 Å². The summed E-state index contributed by atoms with van der Waals surface area (Å²) in [6, 6.07) is 0.